The molecule has 0 N–H and O–H groups in total. The van der Waals surface area contributed by atoms with Crippen LogP contribution < -0.4 is 0 Å². The third kappa shape index (κ3) is 1.27. The number of furan rings is 1. The van der Waals surface area contributed by atoms with Gasteiger partial charge in [-0.2, -0.15) is 0 Å². The summed E-state index contributed by atoms with van der Waals surface area (Å²) in [5, 5.41) is 0. The SMILES string of the molecule is Cc1cc2c(o1)CCS(=O)(=O)C2. The Labute approximate surface area is 71.3 Å². The minimum Gasteiger partial charge on any atom is -0.466 e. The number of sulfone groups is 1. The Morgan fingerprint density at radius 2 is 2.25 bits per heavy atom. The van der Waals surface area contributed by atoms with Gasteiger partial charge in [0.15, 0.2) is 9.84 Å². The van der Waals surface area contributed by atoms with Crippen molar-refractivity contribution in [3.63, 3.8) is 0 Å². The Balaban J connectivity index is 2.47. The van der Waals surface area contributed by atoms with Gasteiger partial charge in [-0.05, 0) is 13.0 Å². The summed E-state index contributed by atoms with van der Waals surface area (Å²) in [5.74, 6) is 2.03. The molecule has 0 saturated carbocycles. The van der Waals surface area contributed by atoms with Crippen molar-refractivity contribution in [3.05, 3.63) is 23.2 Å². The predicted molar refractivity (Wildman–Crippen MR) is 44.6 cm³/mol. The standard InChI is InChI=1S/C8H10O3S/c1-6-4-7-5-12(9,10)3-2-8(7)11-6/h4H,2-3,5H2,1H3. The number of hydrogen-bond acceptors (Lipinski definition) is 3. The van der Waals surface area contributed by atoms with Gasteiger partial charge in [0.1, 0.15) is 11.5 Å². The van der Waals surface area contributed by atoms with E-state index in [1.165, 1.54) is 0 Å². The molecular weight excluding hydrogens is 176 g/mol. The summed E-state index contributed by atoms with van der Waals surface area (Å²) in [4.78, 5) is 0. The minimum absolute atomic E-state index is 0.152. The predicted octanol–water partition coefficient (Wildman–Crippen LogP) is 1.06. The zero-order valence-corrected chi connectivity index (χ0v) is 7.65. The quantitative estimate of drug-likeness (QED) is 0.608. The summed E-state index contributed by atoms with van der Waals surface area (Å²) >= 11 is 0. The molecule has 0 unspecified atom stereocenters. The van der Waals surface area contributed by atoms with Crippen molar-refractivity contribution in [1.82, 2.24) is 0 Å². The van der Waals surface area contributed by atoms with Crippen molar-refractivity contribution in [2.24, 2.45) is 0 Å². The van der Waals surface area contributed by atoms with Gasteiger partial charge in [-0.3, -0.25) is 0 Å². The summed E-state index contributed by atoms with van der Waals surface area (Å²) in [6.45, 7) is 1.84. The molecule has 1 aliphatic rings. The highest BCUT2D eigenvalue weighted by Crippen LogP contribution is 2.23. The van der Waals surface area contributed by atoms with E-state index in [2.05, 4.69) is 0 Å². The highest BCUT2D eigenvalue weighted by molar-refractivity contribution is 7.90. The molecule has 2 heterocycles. The molecule has 4 heteroatoms. The van der Waals surface area contributed by atoms with Gasteiger partial charge in [-0.15, -0.1) is 0 Å². The summed E-state index contributed by atoms with van der Waals surface area (Å²) in [6, 6.07) is 1.81. The monoisotopic (exact) mass is 186 g/mol. The molecule has 0 bridgehead atoms. The highest BCUT2D eigenvalue weighted by atomic mass is 32.2. The first-order valence-electron chi connectivity index (χ1n) is 3.85. The average Bonchev–Trinajstić information content (AvgIpc) is 2.26. The molecule has 1 aliphatic heterocycles. The number of aryl methyl sites for hydroxylation is 2. The minimum atomic E-state index is -2.84. The van der Waals surface area contributed by atoms with Crippen LogP contribution >= 0.6 is 0 Å². The Bertz CT molecular complexity index is 400. The van der Waals surface area contributed by atoms with Crippen LogP contribution in [-0.2, 0) is 22.0 Å². The first-order valence-corrected chi connectivity index (χ1v) is 5.67. The van der Waals surface area contributed by atoms with Gasteiger partial charge in [0.05, 0.1) is 11.5 Å². The van der Waals surface area contributed by atoms with Crippen LogP contribution in [0.15, 0.2) is 10.5 Å². The molecule has 1 aromatic rings. The first kappa shape index (κ1) is 7.86. The topological polar surface area (TPSA) is 47.3 Å². The molecule has 0 radical (unpaired) electrons. The van der Waals surface area contributed by atoms with Crippen molar-refractivity contribution in [1.29, 1.82) is 0 Å². The zero-order chi connectivity index (χ0) is 8.77. The maximum atomic E-state index is 11.2. The van der Waals surface area contributed by atoms with Crippen LogP contribution in [0.2, 0.25) is 0 Å². The van der Waals surface area contributed by atoms with Crippen LogP contribution in [0.3, 0.4) is 0 Å². The molecule has 66 valence electrons. The van der Waals surface area contributed by atoms with Crippen molar-refractivity contribution >= 4 is 9.84 Å². The van der Waals surface area contributed by atoms with Gasteiger partial charge in [-0.1, -0.05) is 0 Å². The van der Waals surface area contributed by atoms with E-state index >= 15 is 0 Å². The van der Waals surface area contributed by atoms with Gasteiger partial charge in [0.2, 0.25) is 0 Å². The summed E-state index contributed by atoms with van der Waals surface area (Å²) in [6.07, 6.45) is 0.533. The molecule has 12 heavy (non-hydrogen) atoms. The van der Waals surface area contributed by atoms with E-state index in [0.29, 0.717) is 6.42 Å². The van der Waals surface area contributed by atoms with E-state index in [0.717, 1.165) is 17.1 Å². The second kappa shape index (κ2) is 2.36. The molecule has 0 aliphatic carbocycles. The second-order valence-electron chi connectivity index (χ2n) is 3.15. The maximum Gasteiger partial charge on any atom is 0.155 e. The average molecular weight is 186 g/mol. The zero-order valence-electron chi connectivity index (χ0n) is 6.83. The van der Waals surface area contributed by atoms with Gasteiger partial charge >= 0.3 is 0 Å². The molecule has 3 nitrogen and oxygen atoms in total. The fraction of sp³-hybridized carbons (Fsp3) is 0.500. The van der Waals surface area contributed by atoms with Crippen molar-refractivity contribution in [2.75, 3.05) is 5.75 Å². The largest absolute Gasteiger partial charge is 0.466 e. The smallest absolute Gasteiger partial charge is 0.155 e. The van der Waals surface area contributed by atoms with Gasteiger partial charge in [-0.25, -0.2) is 8.42 Å². The van der Waals surface area contributed by atoms with Crippen LogP contribution in [0, 0.1) is 6.92 Å². The lowest BCUT2D eigenvalue weighted by molar-refractivity contribution is 0.481. The molecule has 0 amide bonds. The molecule has 2 rings (SSSR count). The Kier molecular flexibility index (Phi) is 1.54. The Morgan fingerprint density at radius 1 is 1.50 bits per heavy atom. The van der Waals surface area contributed by atoms with Crippen molar-refractivity contribution in [3.8, 4) is 0 Å². The van der Waals surface area contributed by atoms with Crippen LogP contribution in [0.4, 0.5) is 0 Å². The van der Waals surface area contributed by atoms with E-state index in [4.69, 9.17) is 4.42 Å². The highest BCUT2D eigenvalue weighted by Gasteiger charge is 2.23. The van der Waals surface area contributed by atoms with Crippen LogP contribution in [0.25, 0.3) is 0 Å². The third-order valence-corrected chi connectivity index (χ3v) is 3.61. The molecule has 0 aromatic carbocycles. The van der Waals surface area contributed by atoms with Gasteiger partial charge in [0.25, 0.3) is 0 Å². The van der Waals surface area contributed by atoms with E-state index in [9.17, 15) is 8.42 Å². The lowest BCUT2D eigenvalue weighted by Gasteiger charge is -2.09. The molecule has 0 spiro atoms. The molecule has 0 fully saturated rings. The van der Waals surface area contributed by atoms with Gasteiger partial charge < -0.3 is 4.42 Å². The summed E-state index contributed by atoms with van der Waals surface area (Å²) in [7, 11) is -2.84. The molecule has 0 atom stereocenters. The van der Waals surface area contributed by atoms with Crippen LogP contribution in [0.5, 0.6) is 0 Å². The first-order chi connectivity index (χ1) is 5.57. The van der Waals surface area contributed by atoms with Crippen LogP contribution in [0.1, 0.15) is 17.1 Å². The van der Waals surface area contributed by atoms with Gasteiger partial charge in [0, 0.05) is 12.0 Å². The van der Waals surface area contributed by atoms with E-state index in [1.807, 2.05) is 13.0 Å². The third-order valence-electron chi connectivity index (χ3n) is 2.04. The lowest BCUT2D eigenvalue weighted by atomic mass is 10.2. The fourth-order valence-corrected chi connectivity index (χ4v) is 2.87. The van der Waals surface area contributed by atoms with E-state index < -0.39 is 9.84 Å². The summed E-state index contributed by atoms with van der Waals surface area (Å²) < 4.78 is 27.7. The lowest BCUT2D eigenvalue weighted by Crippen LogP contribution is -2.17. The number of hydrogen-bond donors (Lipinski definition) is 0. The van der Waals surface area contributed by atoms with E-state index in [-0.39, 0.29) is 11.5 Å². The molecule has 1 aromatic heterocycles. The van der Waals surface area contributed by atoms with Crippen molar-refractivity contribution < 1.29 is 12.8 Å². The van der Waals surface area contributed by atoms with Crippen LogP contribution in [-0.4, -0.2) is 14.2 Å². The van der Waals surface area contributed by atoms with E-state index in [1.54, 1.807) is 0 Å². The Hall–Kier alpha value is -0.770. The second-order valence-corrected chi connectivity index (χ2v) is 5.33. The normalized spacial score (nSPS) is 20.4. The maximum absolute atomic E-state index is 11.2. The Morgan fingerprint density at radius 3 is 3.00 bits per heavy atom. The molecule has 0 saturated heterocycles. The number of rotatable bonds is 0. The number of fused-ring (bicyclic) bond motifs is 1. The fourth-order valence-electron chi connectivity index (χ4n) is 1.51. The summed E-state index contributed by atoms with van der Waals surface area (Å²) in [5.41, 5.74) is 0.846. The molecular formula is C8H10O3S. The van der Waals surface area contributed by atoms with Crippen molar-refractivity contribution in [2.45, 2.75) is 19.1 Å².